The highest BCUT2D eigenvalue weighted by molar-refractivity contribution is 6.69. The summed E-state index contributed by atoms with van der Waals surface area (Å²) < 4.78 is 0. The van der Waals surface area contributed by atoms with Crippen LogP contribution < -0.4 is 0 Å². The van der Waals surface area contributed by atoms with Gasteiger partial charge in [-0.2, -0.15) is 0 Å². The van der Waals surface area contributed by atoms with E-state index in [4.69, 9.17) is 0 Å². The first kappa shape index (κ1) is 9.70. The lowest BCUT2D eigenvalue weighted by atomic mass is 10.3. The van der Waals surface area contributed by atoms with Crippen LogP contribution in [0.4, 0.5) is 0 Å². The Morgan fingerprint density at radius 3 is 2.20 bits per heavy atom. The Labute approximate surface area is 66.3 Å². The van der Waals surface area contributed by atoms with Crippen molar-refractivity contribution in [3.63, 3.8) is 0 Å². The summed E-state index contributed by atoms with van der Waals surface area (Å²) in [7, 11) is -0.368. The van der Waals surface area contributed by atoms with Gasteiger partial charge in [-0.3, -0.25) is 0 Å². The lowest BCUT2D eigenvalue weighted by Crippen LogP contribution is -2.03. The molecule has 0 aromatic rings. The van der Waals surface area contributed by atoms with Crippen molar-refractivity contribution in [2.24, 2.45) is 0 Å². The van der Waals surface area contributed by atoms with Crippen molar-refractivity contribution in [3.8, 4) is 0 Å². The van der Waals surface area contributed by atoms with E-state index >= 15 is 0 Å². The Balaban J connectivity index is 3.25. The third-order valence-corrected chi connectivity index (χ3v) is 3.57. The average molecular weight is 153 g/mol. The minimum atomic E-state index is -0.368. The molecule has 0 rings (SSSR count). The number of hydrogen-bond donors (Lipinski definition) is 0. The van der Waals surface area contributed by atoms with Gasteiger partial charge in [0.15, 0.2) is 0 Å². The zero-order valence-electron chi connectivity index (χ0n) is 6.90. The first-order valence-corrected chi connectivity index (χ1v) is 5.82. The van der Waals surface area contributed by atoms with Crippen molar-refractivity contribution >= 4 is 8.80 Å². The molecule has 0 aromatic carbocycles. The fourth-order valence-electron chi connectivity index (χ4n) is 0.867. The van der Waals surface area contributed by atoms with Gasteiger partial charge in [0, 0.05) is 0 Å². The van der Waals surface area contributed by atoms with Gasteiger partial charge >= 0.3 is 0 Å². The summed E-state index contributed by atoms with van der Waals surface area (Å²) in [4.78, 5) is 0. The summed E-state index contributed by atoms with van der Waals surface area (Å²) in [5.41, 5.74) is 4.15. The van der Waals surface area contributed by atoms with E-state index in [1.807, 2.05) is 0 Å². The molecular formula is C9H17Si. The molecule has 0 aromatic heterocycles. The third-order valence-electron chi connectivity index (χ3n) is 1.59. The second-order valence-electron chi connectivity index (χ2n) is 2.44. The monoisotopic (exact) mass is 153 g/mol. The molecule has 0 N–H and O–H groups in total. The van der Waals surface area contributed by atoms with Gasteiger partial charge in [0.05, 0.1) is 0 Å². The Morgan fingerprint density at radius 1 is 1.20 bits per heavy atom. The Hall–Kier alpha value is -0.303. The quantitative estimate of drug-likeness (QED) is 0.406. The van der Waals surface area contributed by atoms with Crippen molar-refractivity contribution in [2.75, 3.05) is 0 Å². The van der Waals surface area contributed by atoms with Crippen LogP contribution >= 0.6 is 0 Å². The molecule has 0 saturated heterocycles. The van der Waals surface area contributed by atoms with Gasteiger partial charge in [-0.15, -0.1) is 13.2 Å². The highest BCUT2D eigenvalue weighted by Crippen LogP contribution is 2.04. The summed E-state index contributed by atoms with van der Waals surface area (Å²) in [5, 5.41) is 0. The zero-order valence-corrected chi connectivity index (χ0v) is 7.90. The summed E-state index contributed by atoms with van der Waals surface area (Å²) in [6, 6.07) is 1.32. The van der Waals surface area contributed by atoms with E-state index < -0.39 is 0 Å². The topological polar surface area (TPSA) is 0 Å². The maximum absolute atomic E-state index is 3.78. The third kappa shape index (κ3) is 4.56. The SMILES string of the molecule is C=C[Si](C=C)CCCCC. The van der Waals surface area contributed by atoms with Gasteiger partial charge < -0.3 is 0 Å². The van der Waals surface area contributed by atoms with Gasteiger partial charge in [0.1, 0.15) is 8.80 Å². The molecule has 0 fully saturated rings. The van der Waals surface area contributed by atoms with Crippen LogP contribution in [0.2, 0.25) is 6.04 Å². The fraction of sp³-hybridized carbons (Fsp3) is 0.556. The van der Waals surface area contributed by atoms with E-state index in [0.29, 0.717) is 0 Å². The van der Waals surface area contributed by atoms with E-state index in [1.54, 1.807) is 0 Å². The molecule has 0 bridgehead atoms. The molecule has 1 radical (unpaired) electrons. The predicted molar refractivity (Wildman–Crippen MR) is 50.5 cm³/mol. The number of hydrogen-bond acceptors (Lipinski definition) is 0. The molecule has 0 spiro atoms. The van der Waals surface area contributed by atoms with Gasteiger partial charge in [-0.1, -0.05) is 43.6 Å². The molecule has 0 aliphatic heterocycles. The first-order valence-electron chi connectivity index (χ1n) is 3.95. The van der Waals surface area contributed by atoms with Gasteiger partial charge in [0.2, 0.25) is 0 Å². The summed E-state index contributed by atoms with van der Waals surface area (Å²) in [5.74, 6) is 0. The molecule has 0 aliphatic carbocycles. The van der Waals surface area contributed by atoms with Crippen LogP contribution in [0, 0.1) is 0 Å². The second kappa shape index (κ2) is 6.81. The van der Waals surface area contributed by atoms with Crippen LogP contribution in [0.3, 0.4) is 0 Å². The van der Waals surface area contributed by atoms with Crippen LogP contribution in [0.15, 0.2) is 24.6 Å². The Morgan fingerprint density at radius 2 is 1.80 bits per heavy atom. The number of rotatable bonds is 6. The largest absolute Gasteiger partial charge is 0.107 e. The molecule has 10 heavy (non-hydrogen) atoms. The highest BCUT2D eigenvalue weighted by Gasteiger charge is 1.98. The van der Waals surface area contributed by atoms with Crippen LogP contribution in [0.25, 0.3) is 0 Å². The van der Waals surface area contributed by atoms with Crippen molar-refractivity contribution in [3.05, 3.63) is 24.6 Å². The Kier molecular flexibility index (Phi) is 6.61. The lowest BCUT2D eigenvalue weighted by Gasteiger charge is -2.01. The molecule has 0 nitrogen and oxygen atoms in total. The molecule has 1 heteroatoms. The first-order chi connectivity index (χ1) is 4.85. The van der Waals surface area contributed by atoms with E-state index in [9.17, 15) is 0 Å². The Bertz CT molecular complexity index is 88.9. The fourth-order valence-corrected chi connectivity index (χ4v) is 2.10. The van der Waals surface area contributed by atoms with Crippen molar-refractivity contribution < 1.29 is 0 Å². The van der Waals surface area contributed by atoms with E-state index in [0.717, 1.165) is 0 Å². The maximum atomic E-state index is 3.78. The summed E-state index contributed by atoms with van der Waals surface area (Å²) in [6.07, 6.45) is 4.02. The summed E-state index contributed by atoms with van der Waals surface area (Å²) >= 11 is 0. The van der Waals surface area contributed by atoms with Crippen LogP contribution in [0.1, 0.15) is 26.2 Å². The molecular weight excluding hydrogens is 136 g/mol. The second-order valence-corrected chi connectivity index (χ2v) is 4.91. The molecule has 0 unspecified atom stereocenters. The maximum Gasteiger partial charge on any atom is 0.102 e. The van der Waals surface area contributed by atoms with E-state index in [1.165, 1.54) is 25.3 Å². The van der Waals surface area contributed by atoms with Crippen molar-refractivity contribution in [1.82, 2.24) is 0 Å². The molecule has 0 amide bonds. The van der Waals surface area contributed by atoms with Crippen LogP contribution in [-0.2, 0) is 0 Å². The normalized spacial score (nSPS) is 9.80. The van der Waals surface area contributed by atoms with Crippen molar-refractivity contribution in [2.45, 2.75) is 32.2 Å². The van der Waals surface area contributed by atoms with Gasteiger partial charge in [-0.05, 0) is 0 Å². The predicted octanol–water partition coefficient (Wildman–Crippen LogP) is 3.12. The van der Waals surface area contributed by atoms with Gasteiger partial charge in [0.25, 0.3) is 0 Å². The standard InChI is InChI=1S/C9H17Si/c1-4-7-8-9-10(5-2)6-3/h5-6H,2-4,7-9H2,1H3. The molecule has 0 heterocycles. The number of unbranched alkanes of at least 4 members (excludes halogenated alkanes) is 2. The van der Waals surface area contributed by atoms with Gasteiger partial charge in [-0.25, -0.2) is 0 Å². The minimum absolute atomic E-state index is 0.368. The van der Waals surface area contributed by atoms with Crippen LogP contribution in [-0.4, -0.2) is 8.80 Å². The minimum Gasteiger partial charge on any atom is -0.107 e. The molecule has 57 valence electrons. The smallest absolute Gasteiger partial charge is 0.102 e. The lowest BCUT2D eigenvalue weighted by molar-refractivity contribution is 0.768. The molecule has 0 atom stereocenters. The highest BCUT2D eigenvalue weighted by atomic mass is 28.3. The van der Waals surface area contributed by atoms with E-state index in [-0.39, 0.29) is 8.80 Å². The molecule has 0 saturated carbocycles. The summed E-state index contributed by atoms with van der Waals surface area (Å²) in [6.45, 7) is 9.80. The average Bonchev–Trinajstić information content (AvgIpc) is 1.99. The zero-order chi connectivity index (χ0) is 7.82. The van der Waals surface area contributed by atoms with Crippen molar-refractivity contribution in [1.29, 1.82) is 0 Å². The molecule has 0 aliphatic rings. The van der Waals surface area contributed by atoms with Crippen LogP contribution in [0.5, 0.6) is 0 Å². The van der Waals surface area contributed by atoms with E-state index in [2.05, 4.69) is 31.5 Å².